The molecule has 0 fully saturated rings. The van der Waals surface area contributed by atoms with Crippen LogP contribution >= 0.6 is 0 Å². The molecule has 0 saturated heterocycles. The second-order valence-electron chi connectivity index (χ2n) is 4.18. The van der Waals surface area contributed by atoms with Crippen molar-refractivity contribution in [3.8, 4) is 5.75 Å². The van der Waals surface area contributed by atoms with Gasteiger partial charge < -0.3 is 9.84 Å². The van der Waals surface area contributed by atoms with Gasteiger partial charge in [0.05, 0.1) is 23.7 Å². The van der Waals surface area contributed by atoms with Crippen LogP contribution in [0.5, 0.6) is 5.75 Å². The van der Waals surface area contributed by atoms with Gasteiger partial charge in [0.25, 0.3) is 0 Å². The van der Waals surface area contributed by atoms with Crippen LogP contribution in [-0.4, -0.2) is 31.9 Å². The van der Waals surface area contributed by atoms with Crippen LogP contribution in [-0.2, 0) is 21.1 Å². The van der Waals surface area contributed by atoms with E-state index in [0.717, 1.165) is 24.2 Å². The quantitative estimate of drug-likeness (QED) is 0.890. The van der Waals surface area contributed by atoms with Gasteiger partial charge in [-0.15, -0.1) is 0 Å². The molecule has 0 bridgehead atoms. The van der Waals surface area contributed by atoms with Crippen molar-refractivity contribution < 1.29 is 23.1 Å². The number of fused-ring (bicyclic) bond motifs is 1. The molecule has 1 N–H and O–H groups in total. The maximum atomic E-state index is 11.9. The molecule has 1 heterocycles. The molecule has 18 heavy (non-hydrogen) atoms. The molecule has 0 radical (unpaired) electrons. The second-order valence-corrected chi connectivity index (χ2v) is 6.29. The third kappa shape index (κ3) is 2.81. The number of ether oxygens (including phenoxy) is 1. The number of carboxylic acid groups (broad SMARTS) is 1. The highest BCUT2D eigenvalue weighted by Gasteiger charge is 2.19. The molecule has 1 aromatic carbocycles. The summed E-state index contributed by atoms with van der Waals surface area (Å²) < 4.78 is 29.2. The Balaban J connectivity index is 2.25. The Hall–Kier alpha value is -1.56. The molecule has 6 heteroatoms. The van der Waals surface area contributed by atoms with E-state index in [9.17, 15) is 13.2 Å². The van der Waals surface area contributed by atoms with Crippen molar-refractivity contribution in [2.24, 2.45) is 0 Å². The van der Waals surface area contributed by atoms with Crippen LogP contribution in [0, 0.1) is 0 Å². The summed E-state index contributed by atoms with van der Waals surface area (Å²) in [4.78, 5) is 10.6. The van der Waals surface area contributed by atoms with Crippen molar-refractivity contribution in [2.45, 2.75) is 24.2 Å². The molecule has 0 saturated carbocycles. The van der Waals surface area contributed by atoms with Gasteiger partial charge >= 0.3 is 5.97 Å². The summed E-state index contributed by atoms with van der Waals surface area (Å²) in [6.45, 7) is 0.651. The van der Waals surface area contributed by atoms with Gasteiger partial charge in [-0.1, -0.05) is 0 Å². The van der Waals surface area contributed by atoms with Gasteiger partial charge in [-0.3, -0.25) is 4.79 Å². The minimum atomic E-state index is -3.53. The van der Waals surface area contributed by atoms with Crippen molar-refractivity contribution in [3.63, 3.8) is 0 Å². The fourth-order valence-corrected chi connectivity index (χ4v) is 3.15. The zero-order valence-electron chi connectivity index (χ0n) is 9.76. The van der Waals surface area contributed by atoms with Crippen LogP contribution in [0.1, 0.15) is 18.4 Å². The summed E-state index contributed by atoms with van der Waals surface area (Å²) in [5, 5.41) is 8.53. The number of rotatable bonds is 4. The first kappa shape index (κ1) is 12.9. The lowest BCUT2D eigenvalue weighted by Crippen LogP contribution is -2.13. The van der Waals surface area contributed by atoms with Crippen molar-refractivity contribution in [3.05, 3.63) is 23.8 Å². The first-order chi connectivity index (χ1) is 8.49. The van der Waals surface area contributed by atoms with E-state index in [1.54, 1.807) is 12.1 Å². The summed E-state index contributed by atoms with van der Waals surface area (Å²) in [5.74, 6) is -0.763. The second kappa shape index (κ2) is 4.97. The summed E-state index contributed by atoms with van der Waals surface area (Å²) in [5.41, 5.74) is 0.873. The van der Waals surface area contributed by atoms with E-state index in [2.05, 4.69) is 0 Å². The van der Waals surface area contributed by atoms with Gasteiger partial charge in [-0.2, -0.15) is 0 Å². The van der Waals surface area contributed by atoms with Crippen molar-refractivity contribution >= 4 is 15.8 Å². The van der Waals surface area contributed by atoms with Crippen LogP contribution in [0.3, 0.4) is 0 Å². The Morgan fingerprint density at radius 3 is 2.89 bits per heavy atom. The monoisotopic (exact) mass is 270 g/mol. The lowest BCUT2D eigenvalue weighted by molar-refractivity contribution is -0.136. The van der Waals surface area contributed by atoms with E-state index in [0.29, 0.717) is 6.61 Å². The summed E-state index contributed by atoms with van der Waals surface area (Å²) in [7, 11) is -3.53. The number of sulfone groups is 1. The molecule has 1 aromatic rings. The number of hydrogen-bond donors (Lipinski definition) is 1. The summed E-state index contributed by atoms with van der Waals surface area (Å²) in [6, 6.07) is 4.70. The third-order valence-electron chi connectivity index (χ3n) is 2.82. The van der Waals surface area contributed by atoms with Gasteiger partial charge in [0.2, 0.25) is 0 Å². The SMILES string of the molecule is O=C(O)CCS(=O)(=O)c1ccc2c(c1)CCCO2. The van der Waals surface area contributed by atoms with Crippen molar-refractivity contribution in [1.29, 1.82) is 0 Å². The maximum absolute atomic E-state index is 11.9. The van der Waals surface area contributed by atoms with Gasteiger partial charge in [0.1, 0.15) is 5.75 Å². The molecule has 0 aliphatic carbocycles. The van der Waals surface area contributed by atoms with Crippen LogP contribution in [0.2, 0.25) is 0 Å². The minimum Gasteiger partial charge on any atom is -0.493 e. The molecule has 1 aliphatic heterocycles. The van der Waals surface area contributed by atoms with Crippen LogP contribution in [0.15, 0.2) is 23.1 Å². The highest BCUT2D eigenvalue weighted by Crippen LogP contribution is 2.27. The third-order valence-corrected chi connectivity index (χ3v) is 4.54. The van der Waals surface area contributed by atoms with Crippen molar-refractivity contribution in [2.75, 3.05) is 12.4 Å². The highest BCUT2D eigenvalue weighted by molar-refractivity contribution is 7.91. The fourth-order valence-electron chi connectivity index (χ4n) is 1.87. The average Bonchev–Trinajstić information content (AvgIpc) is 2.36. The Morgan fingerprint density at radius 2 is 2.17 bits per heavy atom. The van der Waals surface area contributed by atoms with Crippen molar-refractivity contribution in [1.82, 2.24) is 0 Å². The largest absolute Gasteiger partial charge is 0.493 e. The molecule has 2 rings (SSSR count). The molecule has 98 valence electrons. The summed E-state index contributed by atoms with van der Waals surface area (Å²) >= 11 is 0. The van der Waals surface area contributed by atoms with E-state index in [1.165, 1.54) is 6.07 Å². The van der Waals surface area contributed by atoms with Crippen LogP contribution < -0.4 is 4.74 Å². The normalized spacial score (nSPS) is 14.7. The Labute approximate surface area is 105 Å². The van der Waals surface area contributed by atoms with Gasteiger partial charge in [0, 0.05) is 0 Å². The first-order valence-corrected chi connectivity index (χ1v) is 7.34. The number of carboxylic acids is 1. The highest BCUT2D eigenvalue weighted by atomic mass is 32.2. The van der Waals surface area contributed by atoms with E-state index in [-0.39, 0.29) is 17.1 Å². The van der Waals surface area contributed by atoms with E-state index >= 15 is 0 Å². The average molecular weight is 270 g/mol. The molecule has 0 aromatic heterocycles. The molecule has 0 atom stereocenters. The van der Waals surface area contributed by atoms with Gasteiger partial charge in [-0.05, 0) is 36.6 Å². The predicted octanol–water partition coefficient (Wildman–Crippen LogP) is 1.26. The maximum Gasteiger partial charge on any atom is 0.304 e. The molecule has 1 aliphatic rings. The lowest BCUT2D eigenvalue weighted by atomic mass is 10.1. The zero-order valence-corrected chi connectivity index (χ0v) is 10.6. The molecule has 0 unspecified atom stereocenters. The van der Waals surface area contributed by atoms with E-state index in [4.69, 9.17) is 9.84 Å². The number of aryl methyl sites for hydroxylation is 1. The first-order valence-electron chi connectivity index (χ1n) is 5.69. The van der Waals surface area contributed by atoms with Crippen LogP contribution in [0.4, 0.5) is 0 Å². The number of hydrogen-bond acceptors (Lipinski definition) is 4. The van der Waals surface area contributed by atoms with E-state index < -0.39 is 15.8 Å². The molecular weight excluding hydrogens is 256 g/mol. The predicted molar refractivity (Wildman–Crippen MR) is 64.6 cm³/mol. The summed E-state index contributed by atoms with van der Waals surface area (Å²) in [6.07, 6.45) is 1.28. The molecule has 0 spiro atoms. The van der Waals surface area contributed by atoms with Gasteiger partial charge in [-0.25, -0.2) is 8.42 Å². The standard InChI is InChI=1S/C12H14O5S/c13-12(14)5-7-18(15,16)10-3-4-11-9(8-10)2-1-6-17-11/h3-4,8H,1-2,5-7H2,(H,13,14). The molecule has 5 nitrogen and oxygen atoms in total. The smallest absolute Gasteiger partial charge is 0.304 e. The topological polar surface area (TPSA) is 80.7 Å². The zero-order chi connectivity index (χ0) is 13.2. The number of carbonyl (C=O) groups is 1. The lowest BCUT2D eigenvalue weighted by Gasteiger charge is -2.17. The minimum absolute atomic E-state index is 0.174. The Kier molecular flexibility index (Phi) is 3.56. The molecule has 0 amide bonds. The van der Waals surface area contributed by atoms with E-state index in [1.807, 2.05) is 0 Å². The van der Waals surface area contributed by atoms with Gasteiger partial charge in [0.15, 0.2) is 9.84 Å². The Bertz CT molecular complexity index is 562. The number of aliphatic carboxylic acids is 1. The number of benzene rings is 1. The fraction of sp³-hybridized carbons (Fsp3) is 0.417. The Morgan fingerprint density at radius 1 is 1.39 bits per heavy atom. The molecular formula is C12H14O5S. The van der Waals surface area contributed by atoms with Crippen LogP contribution in [0.25, 0.3) is 0 Å².